The minimum Gasteiger partial charge on any atom is -0.380 e. The molecule has 0 bridgehead atoms. The van der Waals surface area contributed by atoms with Gasteiger partial charge in [-0.1, -0.05) is 0 Å². The summed E-state index contributed by atoms with van der Waals surface area (Å²) in [5.74, 6) is 0.863. The number of hydrogen-bond acceptors (Lipinski definition) is 4. The molecule has 11 heavy (non-hydrogen) atoms. The van der Waals surface area contributed by atoms with Gasteiger partial charge in [-0.3, -0.25) is 0 Å². The molecule has 0 amide bonds. The molecule has 0 saturated carbocycles. The van der Waals surface area contributed by atoms with Crippen molar-refractivity contribution in [1.82, 2.24) is 10.2 Å². The van der Waals surface area contributed by atoms with Gasteiger partial charge in [-0.25, -0.2) is 0 Å². The molecule has 0 radical (unpaired) electrons. The number of hydrogen-bond donors (Lipinski definition) is 2. The molecule has 1 aromatic rings. The first-order valence-corrected chi connectivity index (χ1v) is 3.68. The lowest BCUT2D eigenvalue weighted by Gasteiger charge is -2.17. The largest absolute Gasteiger partial charge is 0.380 e. The Morgan fingerprint density at radius 3 is 3.00 bits per heavy atom. The van der Waals surface area contributed by atoms with Gasteiger partial charge in [0.2, 0.25) is 0 Å². The highest BCUT2D eigenvalue weighted by atomic mass is 15.2. The lowest BCUT2D eigenvalue weighted by Crippen LogP contribution is -2.21. The Morgan fingerprint density at radius 2 is 2.09 bits per heavy atom. The van der Waals surface area contributed by atoms with Crippen LogP contribution in [0.2, 0.25) is 0 Å². The molecular weight excluding hydrogens is 140 g/mol. The van der Waals surface area contributed by atoms with Crippen molar-refractivity contribution in [3.05, 3.63) is 11.8 Å². The van der Waals surface area contributed by atoms with E-state index in [0.29, 0.717) is 0 Å². The van der Waals surface area contributed by atoms with Crippen LogP contribution in [-0.2, 0) is 0 Å². The standard InChI is InChI=1S/C7H10N4/c1-5-4-6-7(11-10-5)9-3-2-8-6/h4,8H,2-3H2,1H3,(H,9,11). The highest BCUT2D eigenvalue weighted by Gasteiger charge is 2.08. The Labute approximate surface area is 65.0 Å². The van der Waals surface area contributed by atoms with Crippen LogP contribution in [0, 0.1) is 6.92 Å². The van der Waals surface area contributed by atoms with Crippen molar-refractivity contribution in [1.29, 1.82) is 0 Å². The van der Waals surface area contributed by atoms with Gasteiger partial charge in [0, 0.05) is 13.1 Å². The molecule has 1 aliphatic heterocycles. The fourth-order valence-electron chi connectivity index (χ4n) is 1.13. The lowest BCUT2D eigenvalue weighted by molar-refractivity contribution is 0.932. The number of aromatic nitrogens is 2. The Morgan fingerprint density at radius 1 is 1.27 bits per heavy atom. The zero-order valence-corrected chi connectivity index (χ0v) is 6.39. The van der Waals surface area contributed by atoms with Crippen LogP contribution in [0.3, 0.4) is 0 Å². The summed E-state index contributed by atoms with van der Waals surface area (Å²) >= 11 is 0. The van der Waals surface area contributed by atoms with Gasteiger partial charge in [0.1, 0.15) is 0 Å². The van der Waals surface area contributed by atoms with E-state index in [1.54, 1.807) is 0 Å². The van der Waals surface area contributed by atoms with Crippen LogP contribution in [0.1, 0.15) is 5.69 Å². The molecule has 0 aliphatic carbocycles. The molecule has 2 heterocycles. The van der Waals surface area contributed by atoms with Crippen LogP contribution in [0.25, 0.3) is 0 Å². The molecular formula is C7H10N4. The van der Waals surface area contributed by atoms with E-state index in [-0.39, 0.29) is 0 Å². The second kappa shape index (κ2) is 2.38. The minimum absolute atomic E-state index is 0.863. The number of anilines is 2. The van der Waals surface area contributed by atoms with Crippen LogP contribution in [0.4, 0.5) is 11.5 Å². The quantitative estimate of drug-likeness (QED) is 0.569. The number of rotatable bonds is 0. The molecule has 0 saturated heterocycles. The van der Waals surface area contributed by atoms with E-state index in [0.717, 1.165) is 30.3 Å². The Hall–Kier alpha value is -1.32. The average molecular weight is 150 g/mol. The highest BCUT2D eigenvalue weighted by Crippen LogP contribution is 2.20. The van der Waals surface area contributed by atoms with Crippen molar-refractivity contribution in [3.8, 4) is 0 Å². The van der Waals surface area contributed by atoms with Gasteiger partial charge >= 0.3 is 0 Å². The fraction of sp³-hybridized carbons (Fsp3) is 0.429. The first-order chi connectivity index (χ1) is 5.36. The third-order valence-electron chi connectivity index (χ3n) is 1.65. The predicted octanol–water partition coefficient (Wildman–Crippen LogP) is 0.622. The zero-order chi connectivity index (χ0) is 7.68. The lowest BCUT2D eigenvalue weighted by atomic mass is 10.3. The Balaban J connectivity index is 2.43. The van der Waals surface area contributed by atoms with E-state index in [9.17, 15) is 0 Å². The minimum atomic E-state index is 0.863. The maximum absolute atomic E-state index is 4.00. The maximum Gasteiger partial charge on any atom is 0.172 e. The molecule has 0 unspecified atom stereocenters. The highest BCUT2D eigenvalue weighted by molar-refractivity contribution is 5.65. The first kappa shape index (κ1) is 6.39. The van der Waals surface area contributed by atoms with E-state index < -0.39 is 0 Å². The van der Waals surface area contributed by atoms with Gasteiger partial charge in [-0.05, 0) is 13.0 Å². The van der Waals surface area contributed by atoms with Gasteiger partial charge in [0.05, 0.1) is 11.4 Å². The van der Waals surface area contributed by atoms with Crippen LogP contribution >= 0.6 is 0 Å². The third-order valence-corrected chi connectivity index (χ3v) is 1.65. The Kier molecular flexibility index (Phi) is 1.38. The van der Waals surface area contributed by atoms with Gasteiger partial charge in [0.25, 0.3) is 0 Å². The smallest absolute Gasteiger partial charge is 0.172 e. The van der Waals surface area contributed by atoms with Crippen molar-refractivity contribution in [3.63, 3.8) is 0 Å². The summed E-state index contributed by atoms with van der Waals surface area (Å²) in [5.41, 5.74) is 2.00. The summed E-state index contributed by atoms with van der Waals surface area (Å²) in [5, 5.41) is 14.3. The average Bonchev–Trinajstić information content (AvgIpc) is 2.04. The second-order valence-electron chi connectivity index (χ2n) is 2.60. The molecule has 4 heteroatoms. The summed E-state index contributed by atoms with van der Waals surface area (Å²) < 4.78 is 0. The molecule has 58 valence electrons. The van der Waals surface area contributed by atoms with Gasteiger partial charge in [-0.15, -0.1) is 5.10 Å². The van der Waals surface area contributed by atoms with E-state index in [2.05, 4.69) is 20.8 Å². The molecule has 4 nitrogen and oxygen atoms in total. The number of nitrogens with one attached hydrogen (secondary N) is 2. The molecule has 0 atom stereocenters. The normalized spacial score (nSPS) is 14.6. The summed E-state index contributed by atoms with van der Waals surface area (Å²) in [6.45, 7) is 3.81. The van der Waals surface area contributed by atoms with E-state index in [4.69, 9.17) is 0 Å². The summed E-state index contributed by atoms with van der Waals surface area (Å²) in [4.78, 5) is 0. The molecule has 1 aromatic heterocycles. The van der Waals surface area contributed by atoms with Crippen LogP contribution < -0.4 is 10.6 Å². The SMILES string of the molecule is Cc1cc2c(nn1)NCCN2. The summed E-state index contributed by atoms with van der Waals surface area (Å²) in [6.07, 6.45) is 0. The van der Waals surface area contributed by atoms with E-state index in [1.165, 1.54) is 0 Å². The van der Waals surface area contributed by atoms with Crippen LogP contribution in [-0.4, -0.2) is 23.3 Å². The van der Waals surface area contributed by atoms with Gasteiger partial charge in [0.15, 0.2) is 5.82 Å². The predicted molar refractivity (Wildman–Crippen MR) is 43.7 cm³/mol. The van der Waals surface area contributed by atoms with Crippen molar-refractivity contribution >= 4 is 11.5 Å². The molecule has 0 spiro atoms. The van der Waals surface area contributed by atoms with Crippen LogP contribution in [0.15, 0.2) is 6.07 Å². The van der Waals surface area contributed by atoms with Crippen LogP contribution in [0.5, 0.6) is 0 Å². The second-order valence-corrected chi connectivity index (χ2v) is 2.60. The molecule has 2 N–H and O–H groups in total. The van der Waals surface area contributed by atoms with Crippen molar-refractivity contribution in [2.24, 2.45) is 0 Å². The van der Waals surface area contributed by atoms with Gasteiger partial charge in [-0.2, -0.15) is 5.10 Å². The monoisotopic (exact) mass is 150 g/mol. The Bertz CT molecular complexity index is 271. The molecule has 0 fully saturated rings. The van der Waals surface area contributed by atoms with Gasteiger partial charge < -0.3 is 10.6 Å². The number of fused-ring (bicyclic) bond motifs is 1. The zero-order valence-electron chi connectivity index (χ0n) is 6.39. The van der Waals surface area contributed by atoms with Crippen molar-refractivity contribution < 1.29 is 0 Å². The third kappa shape index (κ3) is 1.11. The summed E-state index contributed by atoms with van der Waals surface area (Å²) in [6, 6.07) is 1.99. The molecule has 0 aromatic carbocycles. The number of nitrogens with zero attached hydrogens (tertiary/aromatic N) is 2. The van der Waals surface area contributed by atoms with Crippen molar-refractivity contribution in [2.75, 3.05) is 23.7 Å². The maximum atomic E-state index is 4.00. The fourth-order valence-corrected chi connectivity index (χ4v) is 1.13. The summed E-state index contributed by atoms with van der Waals surface area (Å²) in [7, 11) is 0. The first-order valence-electron chi connectivity index (χ1n) is 3.68. The molecule has 2 rings (SSSR count). The topological polar surface area (TPSA) is 49.8 Å². The van der Waals surface area contributed by atoms with E-state index >= 15 is 0 Å². The molecule has 1 aliphatic rings. The van der Waals surface area contributed by atoms with E-state index in [1.807, 2.05) is 13.0 Å². The van der Waals surface area contributed by atoms with Crippen molar-refractivity contribution in [2.45, 2.75) is 6.92 Å². The number of aryl methyl sites for hydroxylation is 1.